The zero-order chi connectivity index (χ0) is 16.9. The van der Waals surface area contributed by atoms with Crippen LogP contribution in [-0.2, 0) is 10.2 Å². The van der Waals surface area contributed by atoms with E-state index in [-0.39, 0.29) is 11.8 Å². The Morgan fingerprint density at radius 1 is 0.958 bits per heavy atom. The van der Waals surface area contributed by atoms with Gasteiger partial charge in [0.2, 0.25) is 0 Å². The summed E-state index contributed by atoms with van der Waals surface area (Å²) < 4.78 is 28.2. The highest BCUT2D eigenvalue weighted by Crippen LogP contribution is 2.55. The van der Waals surface area contributed by atoms with Crippen LogP contribution in [0, 0.1) is 5.92 Å². The average molecular weight is 342 g/mol. The Kier molecular flexibility index (Phi) is 3.75. The van der Waals surface area contributed by atoms with Crippen LogP contribution in [0.2, 0.25) is 0 Å². The van der Waals surface area contributed by atoms with Gasteiger partial charge >= 0.3 is 0 Å². The minimum absolute atomic E-state index is 0.271. The molecule has 4 nitrogen and oxygen atoms in total. The predicted octanol–water partition coefficient (Wildman–Crippen LogP) is 2.68. The molecular formula is C19H22N2O2S. The summed E-state index contributed by atoms with van der Waals surface area (Å²) in [6.07, 6.45) is 0.995. The van der Waals surface area contributed by atoms with Crippen LogP contribution in [-0.4, -0.2) is 33.4 Å². The molecule has 0 heterocycles. The lowest BCUT2D eigenvalue weighted by atomic mass is 9.59. The molecule has 126 valence electrons. The first-order valence-corrected chi connectivity index (χ1v) is 9.78. The zero-order valence-electron chi connectivity index (χ0n) is 13.9. The highest BCUT2D eigenvalue weighted by atomic mass is 32.2. The molecule has 0 radical (unpaired) electrons. The van der Waals surface area contributed by atoms with Crippen molar-refractivity contribution in [1.29, 1.82) is 0 Å². The molecule has 0 aliphatic heterocycles. The lowest BCUT2D eigenvalue weighted by Crippen LogP contribution is -2.42. The molecule has 0 fully saturated rings. The molecule has 3 aliphatic rings. The minimum atomic E-state index is -3.39. The molecule has 0 saturated heterocycles. The molecule has 0 saturated carbocycles. The molecule has 2 aromatic rings. The summed E-state index contributed by atoms with van der Waals surface area (Å²) in [6.45, 7) is 0.477. The third kappa shape index (κ3) is 2.39. The largest absolute Gasteiger partial charge is 0.278 e. The van der Waals surface area contributed by atoms with E-state index in [1.54, 1.807) is 14.1 Å². The van der Waals surface area contributed by atoms with Crippen LogP contribution >= 0.6 is 0 Å². The molecule has 24 heavy (non-hydrogen) atoms. The van der Waals surface area contributed by atoms with E-state index in [1.807, 2.05) is 0 Å². The molecule has 1 atom stereocenters. The van der Waals surface area contributed by atoms with E-state index in [4.69, 9.17) is 0 Å². The lowest BCUT2D eigenvalue weighted by molar-refractivity contribution is 0.352. The van der Waals surface area contributed by atoms with Gasteiger partial charge in [-0.2, -0.15) is 12.7 Å². The van der Waals surface area contributed by atoms with Gasteiger partial charge in [-0.15, -0.1) is 0 Å². The first-order valence-electron chi connectivity index (χ1n) is 8.34. The van der Waals surface area contributed by atoms with E-state index in [9.17, 15) is 8.42 Å². The van der Waals surface area contributed by atoms with Gasteiger partial charge in [0, 0.05) is 32.5 Å². The number of nitrogens with one attached hydrogen (secondary N) is 1. The quantitative estimate of drug-likeness (QED) is 0.929. The number of nitrogens with zero attached hydrogens (tertiary/aromatic N) is 1. The van der Waals surface area contributed by atoms with Crippen molar-refractivity contribution in [3.05, 3.63) is 70.8 Å². The summed E-state index contributed by atoms with van der Waals surface area (Å²) in [5.74, 6) is 0.929. The van der Waals surface area contributed by atoms with Crippen molar-refractivity contribution in [3.63, 3.8) is 0 Å². The van der Waals surface area contributed by atoms with E-state index < -0.39 is 10.2 Å². The predicted molar refractivity (Wildman–Crippen MR) is 95.3 cm³/mol. The molecule has 0 aromatic heterocycles. The Balaban J connectivity index is 1.71. The van der Waals surface area contributed by atoms with Crippen molar-refractivity contribution < 1.29 is 8.42 Å². The number of rotatable bonds is 4. The van der Waals surface area contributed by atoms with E-state index >= 15 is 0 Å². The Labute approximate surface area is 143 Å². The normalized spacial score (nSPS) is 24.7. The van der Waals surface area contributed by atoms with Gasteiger partial charge in [0.15, 0.2) is 0 Å². The zero-order valence-corrected chi connectivity index (χ0v) is 14.8. The fraction of sp³-hybridized carbons (Fsp3) is 0.368. The first-order chi connectivity index (χ1) is 11.5. The summed E-state index contributed by atoms with van der Waals surface area (Å²) in [5.41, 5.74) is 5.55. The second-order valence-corrected chi connectivity index (χ2v) is 8.89. The molecule has 2 aromatic carbocycles. The second-order valence-electron chi connectivity index (χ2n) is 6.92. The Morgan fingerprint density at radius 3 is 1.96 bits per heavy atom. The van der Waals surface area contributed by atoms with E-state index in [0.717, 1.165) is 6.42 Å². The summed E-state index contributed by atoms with van der Waals surface area (Å²) >= 11 is 0. The SMILES string of the molecule is CN(C)S(=O)(=O)NC[C@@H]1CC2c3ccccc3C1c1ccccc12. The fourth-order valence-electron chi connectivity index (χ4n) is 4.30. The van der Waals surface area contributed by atoms with Gasteiger partial charge in [0.1, 0.15) is 0 Å². The summed E-state index contributed by atoms with van der Waals surface area (Å²) in [5, 5.41) is 0. The van der Waals surface area contributed by atoms with Gasteiger partial charge in [-0.05, 0) is 34.6 Å². The van der Waals surface area contributed by atoms with Gasteiger partial charge in [0.05, 0.1) is 0 Å². The maximum atomic E-state index is 12.1. The third-order valence-electron chi connectivity index (χ3n) is 5.43. The number of hydrogen-bond acceptors (Lipinski definition) is 2. The van der Waals surface area contributed by atoms with Crippen LogP contribution < -0.4 is 4.72 Å². The van der Waals surface area contributed by atoms with Crippen molar-refractivity contribution in [2.24, 2.45) is 5.92 Å². The summed E-state index contributed by atoms with van der Waals surface area (Å²) in [7, 11) is -0.275. The molecular weight excluding hydrogens is 320 g/mol. The highest BCUT2D eigenvalue weighted by molar-refractivity contribution is 7.87. The van der Waals surface area contributed by atoms with Gasteiger partial charge in [-0.25, -0.2) is 4.72 Å². The third-order valence-corrected chi connectivity index (χ3v) is 6.92. The molecule has 2 bridgehead atoms. The van der Waals surface area contributed by atoms with Crippen molar-refractivity contribution in [2.45, 2.75) is 18.3 Å². The molecule has 0 unspecified atom stereocenters. The van der Waals surface area contributed by atoms with Gasteiger partial charge in [0.25, 0.3) is 10.2 Å². The Hall–Kier alpha value is -1.69. The van der Waals surface area contributed by atoms with Crippen LogP contribution in [0.3, 0.4) is 0 Å². The second kappa shape index (κ2) is 5.69. The van der Waals surface area contributed by atoms with Crippen LogP contribution in [0.15, 0.2) is 48.5 Å². The van der Waals surface area contributed by atoms with Crippen LogP contribution in [0.25, 0.3) is 0 Å². The topological polar surface area (TPSA) is 49.4 Å². The number of benzene rings is 2. The van der Waals surface area contributed by atoms with Gasteiger partial charge < -0.3 is 0 Å². The number of fused-ring (bicyclic) bond motifs is 1. The maximum Gasteiger partial charge on any atom is 0.278 e. The van der Waals surface area contributed by atoms with Crippen molar-refractivity contribution in [2.75, 3.05) is 20.6 Å². The van der Waals surface area contributed by atoms with Gasteiger partial charge in [-0.3, -0.25) is 0 Å². The lowest BCUT2D eigenvalue weighted by Gasteiger charge is -2.45. The van der Waals surface area contributed by atoms with E-state index in [1.165, 1.54) is 26.6 Å². The van der Waals surface area contributed by atoms with Crippen molar-refractivity contribution in [3.8, 4) is 0 Å². The molecule has 5 heteroatoms. The van der Waals surface area contributed by atoms with Gasteiger partial charge in [-0.1, -0.05) is 48.5 Å². The van der Waals surface area contributed by atoms with E-state index in [0.29, 0.717) is 12.5 Å². The van der Waals surface area contributed by atoms with Crippen LogP contribution in [0.5, 0.6) is 0 Å². The highest BCUT2D eigenvalue weighted by Gasteiger charge is 2.43. The molecule has 5 rings (SSSR count). The standard InChI is InChI=1S/C19H22N2O2S/c1-21(2)24(22,23)20-12-13-11-18-14-7-3-5-9-16(14)19(13)17-10-6-4-8-15(17)18/h3-10,13,18-20H,11-12H2,1-2H3/t13-,18?,19?/m0/s1. The van der Waals surface area contributed by atoms with E-state index in [2.05, 4.69) is 53.3 Å². The number of hydrogen-bond donors (Lipinski definition) is 1. The fourth-order valence-corrected chi connectivity index (χ4v) is 4.98. The molecule has 0 spiro atoms. The van der Waals surface area contributed by atoms with Crippen LogP contribution in [0.4, 0.5) is 0 Å². The minimum Gasteiger partial charge on any atom is -0.202 e. The molecule has 3 aliphatic carbocycles. The Bertz CT molecular complexity index is 829. The molecule has 1 N–H and O–H groups in total. The van der Waals surface area contributed by atoms with Crippen LogP contribution in [0.1, 0.15) is 40.5 Å². The average Bonchev–Trinajstić information content (AvgIpc) is 2.60. The van der Waals surface area contributed by atoms with Crippen molar-refractivity contribution in [1.82, 2.24) is 9.03 Å². The monoisotopic (exact) mass is 342 g/mol. The molecule has 0 amide bonds. The maximum absolute atomic E-state index is 12.1. The summed E-state index contributed by atoms with van der Waals surface area (Å²) in [6, 6.07) is 17.2. The summed E-state index contributed by atoms with van der Waals surface area (Å²) in [4.78, 5) is 0. The first kappa shape index (κ1) is 15.8. The van der Waals surface area contributed by atoms with Crippen molar-refractivity contribution >= 4 is 10.2 Å². The smallest absolute Gasteiger partial charge is 0.202 e. The Morgan fingerprint density at radius 2 is 1.46 bits per heavy atom.